The summed E-state index contributed by atoms with van der Waals surface area (Å²) in [5, 5.41) is 6.72. The second-order valence-electron chi connectivity index (χ2n) is 4.01. The van der Waals surface area contributed by atoms with Crippen molar-refractivity contribution in [1.82, 2.24) is 4.98 Å². The van der Waals surface area contributed by atoms with Crippen LogP contribution in [0.15, 0.2) is 5.38 Å². The van der Waals surface area contributed by atoms with Gasteiger partial charge >= 0.3 is 0 Å². The number of nitrogens with one attached hydrogen (secondary N) is 1. The summed E-state index contributed by atoms with van der Waals surface area (Å²) in [6.07, 6.45) is 3.49. The largest absolute Gasteiger partial charge is 0.359 e. The van der Waals surface area contributed by atoms with Crippen LogP contribution in [-0.2, 0) is 6.42 Å². The van der Waals surface area contributed by atoms with Crippen LogP contribution in [0.2, 0.25) is 0 Å². The first-order valence-corrected chi connectivity index (χ1v) is 6.80. The van der Waals surface area contributed by atoms with E-state index in [4.69, 9.17) is 0 Å². The van der Waals surface area contributed by atoms with Gasteiger partial charge in [0.1, 0.15) is 0 Å². The first-order valence-electron chi connectivity index (χ1n) is 5.92. The normalized spacial score (nSPS) is 13.1. The minimum absolute atomic E-state index is 0.524. The van der Waals surface area contributed by atoms with Crippen LogP contribution in [0.1, 0.15) is 46.2 Å². The van der Waals surface area contributed by atoms with E-state index in [0.717, 1.165) is 17.5 Å². The Morgan fingerprint density at radius 1 is 1.33 bits per heavy atom. The molecule has 0 fully saturated rings. The van der Waals surface area contributed by atoms with Gasteiger partial charge in [-0.05, 0) is 19.3 Å². The van der Waals surface area contributed by atoms with Crippen LogP contribution in [-0.4, -0.2) is 11.0 Å². The Hall–Kier alpha value is -0.570. The molecule has 0 saturated carbocycles. The number of nitrogens with zero attached hydrogens (tertiary/aromatic N) is 1. The highest BCUT2D eigenvalue weighted by Gasteiger charge is 2.14. The van der Waals surface area contributed by atoms with Gasteiger partial charge < -0.3 is 5.32 Å². The molecule has 1 atom stereocenters. The van der Waals surface area contributed by atoms with Crippen molar-refractivity contribution in [1.29, 1.82) is 0 Å². The van der Waals surface area contributed by atoms with Gasteiger partial charge in [-0.25, -0.2) is 4.98 Å². The first-order chi connectivity index (χ1) is 7.21. The lowest BCUT2D eigenvalue weighted by atomic mass is 9.96. The van der Waals surface area contributed by atoms with Crippen molar-refractivity contribution >= 4 is 16.5 Å². The zero-order chi connectivity index (χ0) is 11.3. The number of aromatic nitrogens is 1. The number of anilines is 1. The highest BCUT2D eigenvalue weighted by molar-refractivity contribution is 7.13. The van der Waals surface area contributed by atoms with Crippen LogP contribution < -0.4 is 5.32 Å². The molecule has 0 radical (unpaired) electrons. The van der Waals surface area contributed by atoms with Gasteiger partial charge in [-0.1, -0.05) is 33.6 Å². The quantitative estimate of drug-likeness (QED) is 0.794. The van der Waals surface area contributed by atoms with E-state index in [0.29, 0.717) is 6.04 Å². The van der Waals surface area contributed by atoms with Gasteiger partial charge in [0.15, 0.2) is 5.13 Å². The van der Waals surface area contributed by atoms with Crippen molar-refractivity contribution < 1.29 is 0 Å². The predicted molar refractivity (Wildman–Crippen MR) is 68.6 cm³/mol. The van der Waals surface area contributed by atoms with Gasteiger partial charge in [0.2, 0.25) is 0 Å². The van der Waals surface area contributed by atoms with E-state index in [1.54, 1.807) is 11.3 Å². The Kier molecular flexibility index (Phi) is 5.09. The molecular weight excluding hydrogens is 204 g/mol. The molecule has 0 aliphatic carbocycles. The van der Waals surface area contributed by atoms with Crippen LogP contribution >= 0.6 is 11.3 Å². The second-order valence-corrected chi connectivity index (χ2v) is 4.87. The fraction of sp³-hybridized carbons (Fsp3) is 0.750. The van der Waals surface area contributed by atoms with Crippen LogP contribution in [0.25, 0.3) is 0 Å². The number of hydrogen-bond donors (Lipinski definition) is 1. The van der Waals surface area contributed by atoms with E-state index in [2.05, 4.69) is 43.4 Å². The van der Waals surface area contributed by atoms with E-state index >= 15 is 0 Å². The summed E-state index contributed by atoms with van der Waals surface area (Å²) in [6.45, 7) is 8.91. The maximum absolute atomic E-state index is 4.53. The number of aryl methyl sites for hydroxylation is 1. The topological polar surface area (TPSA) is 24.9 Å². The molecule has 1 unspecified atom stereocenters. The predicted octanol–water partition coefficient (Wildman–Crippen LogP) is 3.94. The van der Waals surface area contributed by atoms with Crippen LogP contribution in [0.4, 0.5) is 5.13 Å². The fourth-order valence-corrected chi connectivity index (χ4v) is 2.73. The molecule has 0 bridgehead atoms. The van der Waals surface area contributed by atoms with Gasteiger partial charge in [0.05, 0.1) is 5.69 Å². The van der Waals surface area contributed by atoms with Gasteiger partial charge in [0, 0.05) is 11.4 Å². The lowest BCUT2D eigenvalue weighted by Crippen LogP contribution is -2.24. The van der Waals surface area contributed by atoms with E-state index in [1.165, 1.54) is 18.5 Å². The average molecular weight is 226 g/mol. The highest BCUT2D eigenvalue weighted by Crippen LogP contribution is 2.21. The molecule has 2 nitrogen and oxygen atoms in total. The summed E-state index contributed by atoms with van der Waals surface area (Å²) in [5.41, 5.74) is 1.19. The van der Waals surface area contributed by atoms with Crippen molar-refractivity contribution in [2.45, 2.75) is 53.0 Å². The van der Waals surface area contributed by atoms with Crippen LogP contribution in [0.5, 0.6) is 0 Å². The summed E-state index contributed by atoms with van der Waals surface area (Å²) in [4.78, 5) is 4.53. The zero-order valence-corrected chi connectivity index (χ0v) is 11.0. The standard InChI is InChI=1S/C12H22N2S/c1-5-10(6-2)9(4)13-12-14-11(7-3)8-15-12/h8-10H,5-7H2,1-4H3,(H,13,14). The summed E-state index contributed by atoms with van der Waals surface area (Å²) in [7, 11) is 0. The van der Waals surface area contributed by atoms with E-state index in [9.17, 15) is 0 Å². The SMILES string of the molecule is CCc1csc(NC(C)C(CC)CC)n1. The van der Waals surface area contributed by atoms with Gasteiger partial charge in [-0.15, -0.1) is 11.3 Å². The summed E-state index contributed by atoms with van der Waals surface area (Å²) < 4.78 is 0. The summed E-state index contributed by atoms with van der Waals surface area (Å²) in [6, 6.07) is 0.524. The maximum Gasteiger partial charge on any atom is 0.183 e. The minimum Gasteiger partial charge on any atom is -0.359 e. The molecule has 1 aromatic heterocycles. The Balaban J connectivity index is 2.53. The van der Waals surface area contributed by atoms with Crippen molar-refractivity contribution in [3.63, 3.8) is 0 Å². The molecule has 1 aromatic rings. The molecule has 15 heavy (non-hydrogen) atoms. The van der Waals surface area contributed by atoms with E-state index in [-0.39, 0.29) is 0 Å². The third kappa shape index (κ3) is 3.49. The third-order valence-electron chi connectivity index (χ3n) is 3.02. The second kappa shape index (κ2) is 6.11. The Morgan fingerprint density at radius 2 is 2.00 bits per heavy atom. The molecule has 0 aliphatic heterocycles. The summed E-state index contributed by atoms with van der Waals surface area (Å²) >= 11 is 1.72. The van der Waals surface area contributed by atoms with Gasteiger partial charge in [-0.2, -0.15) is 0 Å². The van der Waals surface area contributed by atoms with Crippen molar-refractivity contribution in [2.75, 3.05) is 5.32 Å². The Bertz CT molecular complexity index is 279. The monoisotopic (exact) mass is 226 g/mol. The Labute approximate surface area is 97.1 Å². The number of rotatable bonds is 6. The molecule has 1 rings (SSSR count). The smallest absolute Gasteiger partial charge is 0.183 e. The first kappa shape index (κ1) is 12.5. The summed E-state index contributed by atoms with van der Waals surface area (Å²) in [5.74, 6) is 0.749. The minimum atomic E-state index is 0.524. The molecule has 3 heteroatoms. The fourth-order valence-electron chi connectivity index (χ4n) is 1.84. The zero-order valence-electron chi connectivity index (χ0n) is 10.2. The molecule has 0 aromatic carbocycles. The van der Waals surface area contributed by atoms with Gasteiger partial charge in [0.25, 0.3) is 0 Å². The maximum atomic E-state index is 4.53. The molecule has 0 aliphatic rings. The molecule has 1 heterocycles. The van der Waals surface area contributed by atoms with Crippen LogP contribution in [0.3, 0.4) is 0 Å². The molecule has 0 spiro atoms. The highest BCUT2D eigenvalue weighted by atomic mass is 32.1. The number of hydrogen-bond acceptors (Lipinski definition) is 3. The number of thiazole rings is 1. The molecule has 0 amide bonds. The van der Waals surface area contributed by atoms with Crippen LogP contribution in [0, 0.1) is 5.92 Å². The molecule has 0 saturated heterocycles. The molecule has 1 N–H and O–H groups in total. The van der Waals surface area contributed by atoms with Gasteiger partial charge in [-0.3, -0.25) is 0 Å². The van der Waals surface area contributed by atoms with E-state index < -0.39 is 0 Å². The lowest BCUT2D eigenvalue weighted by molar-refractivity contribution is 0.437. The Morgan fingerprint density at radius 3 is 2.47 bits per heavy atom. The molecule has 86 valence electrons. The third-order valence-corrected chi connectivity index (χ3v) is 3.84. The van der Waals surface area contributed by atoms with Crippen molar-refractivity contribution in [3.8, 4) is 0 Å². The molecular formula is C12H22N2S. The van der Waals surface area contributed by atoms with Crippen molar-refractivity contribution in [2.24, 2.45) is 5.92 Å². The van der Waals surface area contributed by atoms with E-state index in [1.807, 2.05) is 0 Å². The average Bonchev–Trinajstić information content (AvgIpc) is 2.67. The van der Waals surface area contributed by atoms with Crippen molar-refractivity contribution in [3.05, 3.63) is 11.1 Å². The lowest BCUT2D eigenvalue weighted by Gasteiger charge is -2.21.